The highest BCUT2D eigenvalue weighted by Gasteiger charge is 2.10. The van der Waals surface area contributed by atoms with Crippen LogP contribution in [-0.2, 0) is 13.2 Å². The molecule has 0 spiro atoms. The molecular weight excluding hydrogens is 416 g/mol. The molecule has 114 valence electrons. The quantitative estimate of drug-likeness (QED) is 0.667. The molecule has 2 aromatic rings. The molecule has 0 atom stereocenters. The summed E-state index contributed by atoms with van der Waals surface area (Å²) in [5, 5.41) is 5.43. The molecule has 0 radical (unpaired) electrons. The third-order valence-electron chi connectivity index (χ3n) is 2.79. The van der Waals surface area contributed by atoms with Gasteiger partial charge in [-0.05, 0) is 62.0 Å². The van der Waals surface area contributed by atoms with Crippen molar-refractivity contribution < 1.29 is 4.74 Å². The number of benzene rings is 1. The number of aromatic nitrogens is 1. The molecule has 0 aliphatic rings. The van der Waals surface area contributed by atoms with Crippen LogP contribution in [0.3, 0.4) is 0 Å². The van der Waals surface area contributed by atoms with Crippen LogP contribution in [0.1, 0.15) is 25.1 Å². The molecule has 0 bridgehead atoms. The second kappa shape index (κ2) is 8.27. The zero-order valence-electron chi connectivity index (χ0n) is 12.0. The molecule has 1 N–H and O–H groups in total. The molecule has 21 heavy (non-hydrogen) atoms. The van der Waals surface area contributed by atoms with E-state index in [0.29, 0.717) is 12.5 Å². The monoisotopic (exact) mass is 432 g/mol. The summed E-state index contributed by atoms with van der Waals surface area (Å²) in [6.45, 7) is 6.74. The Bertz CT molecular complexity index is 550. The topological polar surface area (TPSA) is 34.1 Å². The molecule has 0 aliphatic carbocycles. The van der Waals surface area contributed by atoms with Gasteiger partial charge in [-0.1, -0.05) is 13.8 Å². The number of nitrogens with one attached hydrogen (secondary N) is 1. The lowest BCUT2D eigenvalue weighted by molar-refractivity contribution is 0.298. The van der Waals surface area contributed by atoms with Gasteiger partial charge >= 0.3 is 0 Å². The first-order valence-corrected chi connectivity index (χ1v) is 9.27. The molecule has 0 fully saturated rings. The summed E-state index contributed by atoms with van der Waals surface area (Å²) in [5.74, 6) is 1.47. The van der Waals surface area contributed by atoms with Crippen LogP contribution in [0.15, 0.2) is 32.0 Å². The van der Waals surface area contributed by atoms with E-state index in [1.165, 1.54) is 5.56 Å². The largest absolute Gasteiger partial charge is 0.485 e. The van der Waals surface area contributed by atoms with Crippen LogP contribution in [0.4, 0.5) is 0 Å². The summed E-state index contributed by atoms with van der Waals surface area (Å²) in [5.41, 5.74) is 3.98. The van der Waals surface area contributed by atoms with Gasteiger partial charge in [-0.2, -0.15) is 0 Å². The van der Waals surface area contributed by atoms with Crippen molar-refractivity contribution in [2.45, 2.75) is 27.0 Å². The van der Waals surface area contributed by atoms with Gasteiger partial charge in [-0.3, -0.25) is 0 Å². The van der Waals surface area contributed by atoms with Gasteiger partial charge in [-0.15, -0.1) is 11.3 Å². The average molecular weight is 434 g/mol. The number of hydrogen-bond donors (Lipinski definition) is 1. The highest BCUT2D eigenvalue weighted by molar-refractivity contribution is 9.11. The predicted molar refractivity (Wildman–Crippen MR) is 94.8 cm³/mol. The molecule has 6 heteroatoms. The summed E-state index contributed by atoms with van der Waals surface area (Å²) in [4.78, 5) is 4.22. The summed E-state index contributed by atoms with van der Waals surface area (Å²) < 4.78 is 7.74. The zero-order valence-corrected chi connectivity index (χ0v) is 16.0. The molecule has 1 aromatic carbocycles. The Balaban J connectivity index is 1.99. The summed E-state index contributed by atoms with van der Waals surface area (Å²) in [6, 6.07) is 4.18. The van der Waals surface area contributed by atoms with Crippen molar-refractivity contribution in [2.75, 3.05) is 6.54 Å². The van der Waals surface area contributed by atoms with Crippen molar-refractivity contribution in [3.63, 3.8) is 0 Å². The Morgan fingerprint density at radius 2 is 2.00 bits per heavy atom. The first kappa shape index (κ1) is 16.9. The number of rotatable bonds is 7. The van der Waals surface area contributed by atoms with Crippen molar-refractivity contribution in [3.8, 4) is 5.75 Å². The van der Waals surface area contributed by atoms with Crippen LogP contribution in [0.2, 0.25) is 0 Å². The molecular formula is C15H18Br2N2OS. The number of halogens is 2. The maximum Gasteiger partial charge on any atom is 0.148 e. The molecule has 0 amide bonds. The van der Waals surface area contributed by atoms with Crippen molar-refractivity contribution in [1.29, 1.82) is 0 Å². The van der Waals surface area contributed by atoms with Crippen molar-refractivity contribution >= 4 is 43.2 Å². The molecule has 0 aliphatic heterocycles. The van der Waals surface area contributed by atoms with Crippen LogP contribution in [0.5, 0.6) is 5.75 Å². The van der Waals surface area contributed by atoms with E-state index in [1.54, 1.807) is 11.3 Å². The van der Waals surface area contributed by atoms with Crippen LogP contribution in [-0.4, -0.2) is 11.5 Å². The van der Waals surface area contributed by atoms with E-state index >= 15 is 0 Å². The number of thiazole rings is 1. The van der Waals surface area contributed by atoms with Crippen LogP contribution in [0, 0.1) is 5.92 Å². The minimum atomic E-state index is 0.478. The second-order valence-electron chi connectivity index (χ2n) is 5.18. The van der Waals surface area contributed by atoms with E-state index in [0.717, 1.165) is 33.5 Å². The predicted octanol–water partition coefficient (Wildman–Crippen LogP) is 4.99. The fraction of sp³-hybridized carbons (Fsp3) is 0.400. The van der Waals surface area contributed by atoms with Crippen LogP contribution >= 0.6 is 43.2 Å². The zero-order chi connectivity index (χ0) is 15.2. The molecule has 1 heterocycles. The van der Waals surface area contributed by atoms with E-state index in [-0.39, 0.29) is 0 Å². The molecule has 0 unspecified atom stereocenters. The highest BCUT2D eigenvalue weighted by Crippen LogP contribution is 2.35. The Labute approximate surface area is 146 Å². The van der Waals surface area contributed by atoms with Gasteiger partial charge in [0.1, 0.15) is 12.4 Å². The van der Waals surface area contributed by atoms with Crippen LogP contribution < -0.4 is 10.1 Å². The molecule has 3 nitrogen and oxygen atoms in total. The SMILES string of the molecule is CC(C)CNCc1cc(Br)c(OCc2cscn2)c(Br)c1. The Morgan fingerprint density at radius 3 is 2.57 bits per heavy atom. The summed E-state index contributed by atoms with van der Waals surface area (Å²) in [7, 11) is 0. The van der Waals surface area contributed by atoms with Gasteiger partial charge < -0.3 is 10.1 Å². The average Bonchev–Trinajstić information content (AvgIpc) is 2.90. The van der Waals surface area contributed by atoms with Gasteiger partial charge in [0, 0.05) is 11.9 Å². The molecule has 2 rings (SSSR count). The lowest BCUT2D eigenvalue weighted by atomic mass is 10.2. The maximum absolute atomic E-state index is 5.84. The van der Waals surface area contributed by atoms with E-state index < -0.39 is 0 Å². The molecule has 0 saturated carbocycles. The van der Waals surface area contributed by atoms with Gasteiger partial charge in [0.25, 0.3) is 0 Å². The lowest BCUT2D eigenvalue weighted by Gasteiger charge is -2.13. The molecule has 1 aromatic heterocycles. The standard InChI is InChI=1S/C15H18Br2N2OS/c1-10(2)5-18-6-11-3-13(16)15(14(17)4-11)20-7-12-8-21-9-19-12/h3-4,8-10,18H,5-7H2,1-2H3. The number of nitrogens with zero attached hydrogens (tertiary/aromatic N) is 1. The first-order chi connectivity index (χ1) is 10.1. The van der Waals surface area contributed by atoms with Gasteiger partial charge in [0.15, 0.2) is 0 Å². The number of ether oxygens (including phenoxy) is 1. The maximum atomic E-state index is 5.84. The summed E-state index contributed by atoms with van der Waals surface area (Å²) in [6.07, 6.45) is 0. The first-order valence-electron chi connectivity index (χ1n) is 6.74. The Hall–Kier alpha value is -0.430. The van der Waals surface area contributed by atoms with E-state index in [2.05, 4.69) is 68.1 Å². The van der Waals surface area contributed by atoms with E-state index in [1.807, 2.05) is 10.9 Å². The highest BCUT2D eigenvalue weighted by atomic mass is 79.9. The van der Waals surface area contributed by atoms with Gasteiger partial charge in [0.05, 0.1) is 20.1 Å². The lowest BCUT2D eigenvalue weighted by Crippen LogP contribution is -2.19. The number of hydrogen-bond acceptors (Lipinski definition) is 4. The smallest absolute Gasteiger partial charge is 0.148 e. The van der Waals surface area contributed by atoms with Crippen molar-refractivity contribution in [3.05, 3.63) is 43.2 Å². The van der Waals surface area contributed by atoms with Crippen molar-refractivity contribution in [1.82, 2.24) is 10.3 Å². The Morgan fingerprint density at radius 1 is 1.29 bits per heavy atom. The van der Waals surface area contributed by atoms with Crippen molar-refractivity contribution in [2.24, 2.45) is 5.92 Å². The minimum Gasteiger partial charge on any atom is -0.485 e. The Kier molecular flexibility index (Phi) is 6.67. The fourth-order valence-corrected chi connectivity index (χ4v) is 3.87. The fourth-order valence-electron chi connectivity index (χ4n) is 1.81. The van der Waals surface area contributed by atoms with Gasteiger partial charge in [-0.25, -0.2) is 4.98 Å². The van der Waals surface area contributed by atoms with E-state index in [4.69, 9.17) is 4.74 Å². The normalized spacial score (nSPS) is 11.1. The third kappa shape index (κ3) is 5.36. The second-order valence-corrected chi connectivity index (χ2v) is 7.61. The van der Waals surface area contributed by atoms with Crippen LogP contribution in [0.25, 0.3) is 0 Å². The van der Waals surface area contributed by atoms with E-state index in [9.17, 15) is 0 Å². The minimum absolute atomic E-state index is 0.478. The molecule has 0 saturated heterocycles. The van der Waals surface area contributed by atoms with Gasteiger partial charge in [0.2, 0.25) is 0 Å². The third-order valence-corrected chi connectivity index (χ3v) is 4.60. The summed E-state index contributed by atoms with van der Waals surface area (Å²) >= 11 is 8.74.